The lowest BCUT2D eigenvalue weighted by Crippen LogP contribution is -2.51. The van der Waals surface area contributed by atoms with Crippen molar-refractivity contribution >= 4 is 17.8 Å². The van der Waals surface area contributed by atoms with Gasteiger partial charge in [0.1, 0.15) is 6.04 Å². The van der Waals surface area contributed by atoms with Crippen LogP contribution in [0.4, 0.5) is 0 Å². The summed E-state index contributed by atoms with van der Waals surface area (Å²) in [7, 11) is 1.57. The molecule has 7 heteroatoms. The van der Waals surface area contributed by atoms with E-state index >= 15 is 0 Å². The summed E-state index contributed by atoms with van der Waals surface area (Å²) in [5.74, 6) is -2.64. The van der Waals surface area contributed by atoms with Gasteiger partial charge < -0.3 is 20.5 Å². The highest BCUT2D eigenvalue weighted by Gasteiger charge is 2.29. The Morgan fingerprint density at radius 2 is 1.42 bits per heavy atom. The van der Waals surface area contributed by atoms with Gasteiger partial charge in [-0.3, -0.25) is 14.4 Å². The molecule has 4 aromatic rings. The molecule has 0 aromatic heterocycles. The van der Waals surface area contributed by atoms with Gasteiger partial charge in [-0.1, -0.05) is 109 Å². The Hall–Kier alpha value is -4.75. The number of rotatable bonds is 16. The maximum atomic E-state index is 13.7. The van der Waals surface area contributed by atoms with Gasteiger partial charge in [-0.25, -0.2) is 0 Å². The molecule has 0 saturated carbocycles. The summed E-state index contributed by atoms with van der Waals surface area (Å²) in [5, 5.41) is 15.6. The predicted molar refractivity (Wildman–Crippen MR) is 177 cm³/mol. The molecule has 3 atom stereocenters. The number of hydrogen-bond acceptors (Lipinski definition) is 4. The van der Waals surface area contributed by atoms with Gasteiger partial charge in [0.05, 0.1) is 19.1 Å². The van der Waals surface area contributed by atoms with Crippen molar-refractivity contribution in [2.45, 2.75) is 51.1 Å². The number of aliphatic carboxylic acids is 1. The number of aryl methyl sites for hydroxylation is 2. The van der Waals surface area contributed by atoms with Gasteiger partial charge in [-0.15, -0.1) is 0 Å². The number of benzene rings is 4. The average Bonchev–Trinajstić information content (AvgIpc) is 3.05. The number of methoxy groups -OCH3 is 1. The zero-order valence-corrected chi connectivity index (χ0v) is 25.9. The summed E-state index contributed by atoms with van der Waals surface area (Å²) in [6.45, 7) is 2.34. The summed E-state index contributed by atoms with van der Waals surface area (Å²) in [5.41, 5.74) is 6.37. The van der Waals surface area contributed by atoms with Crippen molar-refractivity contribution in [1.29, 1.82) is 0 Å². The van der Waals surface area contributed by atoms with E-state index in [0.29, 0.717) is 19.3 Å². The van der Waals surface area contributed by atoms with Crippen LogP contribution in [0.2, 0.25) is 0 Å². The average molecular weight is 607 g/mol. The minimum absolute atomic E-state index is 0.257. The van der Waals surface area contributed by atoms with Crippen molar-refractivity contribution in [2.75, 3.05) is 13.7 Å². The van der Waals surface area contributed by atoms with Gasteiger partial charge in [-0.2, -0.15) is 0 Å². The van der Waals surface area contributed by atoms with E-state index in [1.165, 1.54) is 5.56 Å². The van der Waals surface area contributed by atoms with Crippen molar-refractivity contribution in [2.24, 2.45) is 5.92 Å². The number of nitrogens with one attached hydrogen (secondary N) is 2. The monoisotopic (exact) mass is 606 g/mol. The first-order valence-corrected chi connectivity index (χ1v) is 15.4. The van der Waals surface area contributed by atoms with Gasteiger partial charge in [0, 0.05) is 19.4 Å². The zero-order valence-electron chi connectivity index (χ0n) is 25.9. The van der Waals surface area contributed by atoms with Gasteiger partial charge in [0.2, 0.25) is 11.8 Å². The highest BCUT2D eigenvalue weighted by atomic mass is 16.5. The maximum Gasteiger partial charge on any atom is 0.304 e. The Kier molecular flexibility index (Phi) is 12.5. The second-order valence-electron chi connectivity index (χ2n) is 11.3. The van der Waals surface area contributed by atoms with Gasteiger partial charge >= 0.3 is 5.97 Å². The van der Waals surface area contributed by atoms with E-state index < -0.39 is 29.9 Å². The SMILES string of the molecule is COC[C@@H](NC(=O)[C@H](Cc1ccccc1)NC(=O)[C@H](CCCc1cccc(C)c1-c1ccccc1)CC(=O)O)c1ccccc1. The van der Waals surface area contributed by atoms with E-state index in [0.717, 1.165) is 27.8 Å². The van der Waals surface area contributed by atoms with Crippen LogP contribution < -0.4 is 10.6 Å². The minimum atomic E-state index is -1.05. The van der Waals surface area contributed by atoms with Crippen LogP contribution in [0.5, 0.6) is 0 Å². The molecule has 0 saturated heterocycles. The first kappa shape index (κ1) is 33.1. The lowest BCUT2D eigenvalue weighted by molar-refractivity contribution is -0.141. The Morgan fingerprint density at radius 1 is 0.778 bits per heavy atom. The zero-order chi connectivity index (χ0) is 32.0. The summed E-state index contributed by atoms with van der Waals surface area (Å²) in [6.07, 6.45) is 1.63. The summed E-state index contributed by atoms with van der Waals surface area (Å²) < 4.78 is 5.38. The fraction of sp³-hybridized carbons (Fsp3) is 0.289. The van der Waals surface area contributed by atoms with Crippen LogP contribution in [-0.4, -0.2) is 42.6 Å². The molecule has 45 heavy (non-hydrogen) atoms. The molecule has 4 aromatic carbocycles. The van der Waals surface area contributed by atoms with E-state index in [1.807, 2.05) is 84.9 Å². The maximum absolute atomic E-state index is 13.7. The first-order chi connectivity index (χ1) is 21.9. The summed E-state index contributed by atoms with van der Waals surface area (Å²) in [4.78, 5) is 39.2. The van der Waals surface area contributed by atoms with E-state index in [4.69, 9.17) is 4.74 Å². The number of hydrogen-bond donors (Lipinski definition) is 3. The molecule has 0 aliphatic carbocycles. The fourth-order valence-corrected chi connectivity index (χ4v) is 5.72. The molecule has 0 heterocycles. The molecule has 3 N–H and O–H groups in total. The van der Waals surface area contributed by atoms with Crippen molar-refractivity contribution < 1.29 is 24.2 Å². The third kappa shape index (κ3) is 9.88. The standard InChI is InChI=1S/C38H42N2O5/c1-27-14-12-21-31(36(27)30-19-10-5-11-20-30)22-13-23-32(25-35(41)42)37(43)39-33(24-28-15-6-3-7-16-28)38(44)40-34(26-45-2)29-17-8-4-9-18-29/h3-12,14-21,32-34H,13,22-26H2,1-2H3,(H,39,43)(H,40,44)(H,41,42)/t32-,33+,34-/m1/s1. The lowest BCUT2D eigenvalue weighted by Gasteiger charge is -2.25. The van der Waals surface area contributed by atoms with Crippen molar-refractivity contribution in [3.8, 4) is 11.1 Å². The number of carboxylic acid groups (broad SMARTS) is 1. The Balaban J connectivity index is 1.49. The third-order valence-corrected chi connectivity index (χ3v) is 7.98. The van der Waals surface area contributed by atoms with E-state index in [-0.39, 0.29) is 25.4 Å². The molecule has 0 fully saturated rings. The molecular formula is C38H42N2O5. The minimum Gasteiger partial charge on any atom is -0.481 e. The lowest BCUT2D eigenvalue weighted by atomic mass is 9.90. The molecule has 2 amide bonds. The van der Waals surface area contributed by atoms with Crippen molar-refractivity contribution in [3.05, 3.63) is 131 Å². The molecule has 0 aliphatic rings. The molecule has 0 radical (unpaired) electrons. The molecular weight excluding hydrogens is 564 g/mol. The Bertz CT molecular complexity index is 1530. The van der Waals surface area contributed by atoms with E-state index in [1.54, 1.807) is 7.11 Å². The van der Waals surface area contributed by atoms with Crippen LogP contribution in [0.3, 0.4) is 0 Å². The van der Waals surface area contributed by atoms with E-state index in [2.05, 4.69) is 41.8 Å². The quantitative estimate of drug-likeness (QED) is 0.139. The number of carbonyl (C=O) groups excluding carboxylic acids is 2. The summed E-state index contributed by atoms with van der Waals surface area (Å²) >= 11 is 0. The molecule has 234 valence electrons. The number of ether oxygens (including phenoxy) is 1. The molecule has 7 nitrogen and oxygen atoms in total. The normalized spacial score (nSPS) is 12.9. The second kappa shape index (κ2) is 16.9. The fourth-order valence-electron chi connectivity index (χ4n) is 5.72. The van der Waals surface area contributed by atoms with Crippen LogP contribution in [0.1, 0.15) is 47.6 Å². The van der Waals surface area contributed by atoms with Gasteiger partial charge in [-0.05, 0) is 59.6 Å². The highest BCUT2D eigenvalue weighted by molar-refractivity contribution is 5.90. The molecule has 0 spiro atoms. The number of amides is 2. The van der Waals surface area contributed by atoms with Gasteiger partial charge in [0.25, 0.3) is 0 Å². The summed E-state index contributed by atoms with van der Waals surface area (Å²) in [6, 6.07) is 34.0. The van der Waals surface area contributed by atoms with Crippen LogP contribution >= 0.6 is 0 Å². The topological polar surface area (TPSA) is 105 Å². The number of carboxylic acids is 1. The predicted octanol–water partition coefficient (Wildman–Crippen LogP) is 6.31. The van der Waals surface area contributed by atoms with Crippen molar-refractivity contribution in [1.82, 2.24) is 10.6 Å². The Labute approximate surface area is 265 Å². The third-order valence-electron chi connectivity index (χ3n) is 7.98. The molecule has 0 unspecified atom stereocenters. The molecule has 0 bridgehead atoms. The van der Waals surface area contributed by atoms with Crippen LogP contribution in [0.25, 0.3) is 11.1 Å². The van der Waals surface area contributed by atoms with Crippen molar-refractivity contribution in [3.63, 3.8) is 0 Å². The molecule has 4 rings (SSSR count). The molecule has 0 aliphatic heterocycles. The first-order valence-electron chi connectivity index (χ1n) is 15.4. The van der Waals surface area contributed by atoms with Crippen LogP contribution in [0.15, 0.2) is 109 Å². The van der Waals surface area contributed by atoms with E-state index in [9.17, 15) is 19.5 Å². The van der Waals surface area contributed by atoms with Crippen LogP contribution in [0, 0.1) is 12.8 Å². The smallest absolute Gasteiger partial charge is 0.304 e. The van der Waals surface area contributed by atoms with Crippen LogP contribution in [-0.2, 0) is 32.0 Å². The number of carbonyl (C=O) groups is 3. The largest absolute Gasteiger partial charge is 0.481 e. The highest BCUT2D eigenvalue weighted by Crippen LogP contribution is 2.29. The van der Waals surface area contributed by atoms with Gasteiger partial charge in [0.15, 0.2) is 0 Å². The second-order valence-corrected chi connectivity index (χ2v) is 11.3. The Morgan fingerprint density at radius 3 is 2.07 bits per heavy atom.